The molecule has 0 bridgehead atoms. The molecule has 7 atom stereocenters. The predicted molar refractivity (Wildman–Crippen MR) is 186 cm³/mol. The number of aryl methyl sites for hydroxylation is 1. The van der Waals surface area contributed by atoms with Crippen molar-refractivity contribution in [2.75, 3.05) is 35.0 Å². The van der Waals surface area contributed by atoms with E-state index in [1.54, 1.807) is 6.92 Å². The number of ketones is 4. The van der Waals surface area contributed by atoms with E-state index < -0.39 is 122 Å². The van der Waals surface area contributed by atoms with E-state index in [-0.39, 0.29) is 16.8 Å². The van der Waals surface area contributed by atoms with Crippen LogP contribution < -0.4 is 10.7 Å². The van der Waals surface area contributed by atoms with Crippen molar-refractivity contribution < 1.29 is 68.1 Å². The Bertz CT molecular complexity index is 2060. The molecule has 0 radical (unpaired) electrons. The van der Waals surface area contributed by atoms with Crippen LogP contribution in [0.15, 0.2) is 29.0 Å². The average Bonchev–Trinajstić information content (AvgIpc) is 3.12. The Kier molecular flexibility index (Phi) is 10.0. The number of carbonyl (C=O) groups is 5. The summed E-state index contributed by atoms with van der Waals surface area (Å²) < 4.78 is 27.7. The van der Waals surface area contributed by atoms with E-state index >= 15 is 0 Å². The normalized spacial score (nSPS) is 29.5. The number of aliphatic hydroxyl groups excluding tert-OH is 1. The molecule has 54 heavy (non-hydrogen) atoms. The summed E-state index contributed by atoms with van der Waals surface area (Å²) in [5.41, 5.74) is -6.58. The van der Waals surface area contributed by atoms with E-state index in [1.807, 2.05) is 6.92 Å². The fourth-order valence-corrected chi connectivity index (χ4v) is 8.09. The summed E-state index contributed by atoms with van der Waals surface area (Å²) in [6.45, 7) is 5.67. The molecule has 1 saturated heterocycles. The van der Waals surface area contributed by atoms with Gasteiger partial charge in [0.25, 0.3) is 0 Å². The maximum atomic E-state index is 14.7. The van der Waals surface area contributed by atoms with Crippen LogP contribution in [0.3, 0.4) is 0 Å². The van der Waals surface area contributed by atoms with Crippen LogP contribution in [-0.2, 0) is 35.7 Å². The SMILES string of the molecule is CCCN/N=C1/[C@@H](OC)[C@H](C)O[C@H](NC2=CC(=O)c3c(cc4c(c3O)C(=O)[C@]3(OC)[C@H](O)Cc5cc(C)c(C(=O)OC)c(O)c5[C@]3(O)C4=O)C2=O)[C@@H]1OC. The first-order chi connectivity index (χ1) is 25.6. The minimum Gasteiger partial charge on any atom is -0.507 e. The summed E-state index contributed by atoms with van der Waals surface area (Å²) in [5, 5.41) is 54.4. The van der Waals surface area contributed by atoms with Gasteiger partial charge in [-0.25, -0.2) is 4.79 Å². The highest BCUT2D eigenvalue weighted by Crippen LogP contribution is 2.56. The van der Waals surface area contributed by atoms with Gasteiger partial charge in [-0.3, -0.25) is 19.2 Å². The van der Waals surface area contributed by atoms with Gasteiger partial charge in [0.2, 0.25) is 17.3 Å². The number of carbonyl (C=O) groups excluding carboxylic acids is 5. The zero-order valence-corrected chi connectivity index (χ0v) is 30.6. The fourth-order valence-electron chi connectivity index (χ4n) is 8.09. The first-order valence-electron chi connectivity index (χ1n) is 17.1. The zero-order valence-electron chi connectivity index (χ0n) is 30.6. The van der Waals surface area contributed by atoms with Gasteiger partial charge in [-0.1, -0.05) is 13.0 Å². The molecule has 288 valence electrons. The quantitative estimate of drug-likeness (QED) is 0.118. The number of hydrogen-bond acceptors (Lipinski definition) is 17. The Morgan fingerprint density at radius 3 is 2.30 bits per heavy atom. The van der Waals surface area contributed by atoms with Crippen molar-refractivity contribution in [3.05, 3.63) is 68.4 Å². The molecule has 0 amide bonds. The van der Waals surface area contributed by atoms with Crippen molar-refractivity contribution in [2.45, 2.75) is 75.5 Å². The molecule has 0 saturated carbocycles. The van der Waals surface area contributed by atoms with Gasteiger partial charge in [-0.2, -0.15) is 5.10 Å². The molecule has 2 aromatic carbocycles. The van der Waals surface area contributed by atoms with E-state index in [9.17, 15) is 44.4 Å². The van der Waals surface area contributed by atoms with Crippen LogP contribution in [0.2, 0.25) is 0 Å². The molecule has 17 nitrogen and oxygen atoms in total. The first kappa shape index (κ1) is 38.7. The molecular formula is C37H41N3O14. The molecule has 17 heteroatoms. The number of ether oxygens (including phenoxy) is 5. The minimum absolute atomic E-state index is 0.00528. The molecule has 4 aliphatic rings. The Balaban J connectivity index is 1.48. The van der Waals surface area contributed by atoms with Gasteiger partial charge in [0.15, 0.2) is 23.2 Å². The Morgan fingerprint density at radius 1 is 1.00 bits per heavy atom. The van der Waals surface area contributed by atoms with Crippen LogP contribution in [0.25, 0.3) is 0 Å². The van der Waals surface area contributed by atoms with E-state index in [1.165, 1.54) is 27.2 Å². The second kappa shape index (κ2) is 14.0. The molecular weight excluding hydrogens is 710 g/mol. The Hall–Kier alpha value is -5.04. The van der Waals surface area contributed by atoms with E-state index in [4.69, 9.17) is 23.7 Å². The lowest BCUT2D eigenvalue weighted by Gasteiger charge is -2.52. The molecule has 1 fully saturated rings. The number of hydrogen-bond donors (Lipinski definition) is 6. The van der Waals surface area contributed by atoms with Crippen LogP contribution in [-0.4, -0.2) is 126 Å². The van der Waals surface area contributed by atoms with Gasteiger partial charge in [0.1, 0.15) is 35.0 Å². The third kappa shape index (κ3) is 5.21. The number of benzene rings is 2. The highest BCUT2D eigenvalue weighted by molar-refractivity contribution is 6.31. The molecule has 6 rings (SSSR count). The second-order valence-electron chi connectivity index (χ2n) is 13.5. The smallest absolute Gasteiger partial charge is 0.341 e. The van der Waals surface area contributed by atoms with Gasteiger partial charge >= 0.3 is 5.97 Å². The number of rotatable bonds is 9. The number of allylic oxidation sites excluding steroid dienone is 2. The lowest BCUT2D eigenvalue weighted by molar-refractivity contribution is -0.181. The number of esters is 1. The van der Waals surface area contributed by atoms with Crippen molar-refractivity contribution in [2.24, 2.45) is 5.10 Å². The topological polar surface area (TPSA) is 249 Å². The molecule has 6 N–H and O–H groups in total. The minimum atomic E-state index is -3.23. The average molecular weight is 752 g/mol. The lowest BCUT2D eigenvalue weighted by Crippen LogP contribution is -2.73. The van der Waals surface area contributed by atoms with E-state index in [2.05, 4.69) is 15.8 Å². The van der Waals surface area contributed by atoms with Crippen molar-refractivity contribution in [1.82, 2.24) is 10.7 Å². The number of aliphatic hydroxyl groups is 2. The number of Topliss-reactive ketones (excluding diaryl/α,β-unsaturated/α-hetero) is 3. The van der Waals surface area contributed by atoms with Crippen LogP contribution in [0.5, 0.6) is 11.5 Å². The number of nitrogens with zero attached hydrogens (tertiary/aromatic N) is 1. The summed E-state index contributed by atoms with van der Waals surface area (Å²) in [6, 6.07) is 2.22. The molecule has 0 aromatic heterocycles. The van der Waals surface area contributed by atoms with Crippen LogP contribution in [0, 0.1) is 6.92 Å². The lowest BCUT2D eigenvalue weighted by atomic mass is 9.56. The van der Waals surface area contributed by atoms with Crippen molar-refractivity contribution >= 4 is 34.8 Å². The fraction of sp³-hybridized carbons (Fsp3) is 0.459. The highest BCUT2D eigenvalue weighted by Gasteiger charge is 2.72. The zero-order chi connectivity index (χ0) is 39.6. The third-order valence-corrected chi connectivity index (χ3v) is 10.5. The number of methoxy groups -OCH3 is 4. The van der Waals surface area contributed by atoms with Gasteiger partial charge < -0.3 is 54.9 Å². The summed E-state index contributed by atoms with van der Waals surface area (Å²) in [7, 11) is 4.85. The second-order valence-corrected chi connectivity index (χ2v) is 13.5. The largest absolute Gasteiger partial charge is 0.507 e. The third-order valence-electron chi connectivity index (χ3n) is 10.5. The molecule has 0 unspecified atom stereocenters. The van der Waals surface area contributed by atoms with Crippen molar-refractivity contribution in [1.29, 1.82) is 0 Å². The summed E-state index contributed by atoms with van der Waals surface area (Å²) in [4.78, 5) is 69.8. The summed E-state index contributed by atoms with van der Waals surface area (Å²) in [5.74, 6) is -7.54. The molecule has 1 heterocycles. The van der Waals surface area contributed by atoms with Gasteiger partial charge in [0.05, 0.1) is 36.1 Å². The molecule has 0 spiro atoms. The number of hydrazone groups is 1. The maximum absolute atomic E-state index is 14.7. The standard InChI is InChI=1S/C37H41N3O14/c1-8-9-38-40-26-30(50-4)15(3)54-34(31(26)51-5)39-19-13-20(41)23-17(27(19)43)12-18-24(28(23)44)33(47)37(53-7)21(42)11-16-10-14(2)22(35(48)52-6)29(45)25(16)36(37,49)32(18)46/h10,12-13,15,21,30-31,34,38-39,42,44-45,49H,8-9,11H2,1-7H3/b40-26-/t15-,21+,30-,31+,34-,36-,37+/m0/s1. The first-order valence-corrected chi connectivity index (χ1v) is 17.1. The number of nitrogens with one attached hydrogen (secondary N) is 2. The Labute approximate surface area is 308 Å². The van der Waals surface area contributed by atoms with Gasteiger partial charge in [-0.05, 0) is 37.5 Å². The number of phenols is 2. The van der Waals surface area contributed by atoms with E-state index in [0.29, 0.717) is 12.3 Å². The van der Waals surface area contributed by atoms with Crippen molar-refractivity contribution in [3.8, 4) is 11.5 Å². The monoisotopic (exact) mass is 751 g/mol. The van der Waals surface area contributed by atoms with Crippen LogP contribution in [0.1, 0.15) is 88.7 Å². The van der Waals surface area contributed by atoms with Gasteiger partial charge in [-0.15, -0.1) is 0 Å². The van der Waals surface area contributed by atoms with Gasteiger partial charge in [0, 0.05) is 57.1 Å². The predicted octanol–water partition coefficient (Wildman–Crippen LogP) is 0.745. The van der Waals surface area contributed by atoms with Crippen LogP contribution >= 0.6 is 0 Å². The van der Waals surface area contributed by atoms with E-state index in [0.717, 1.165) is 32.8 Å². The molecule has 3 aliphatic carbocycles. The summed E-state index contributed by atoms with van der Waals surface area (Å²) in [6.07, 6.45) is -4.02. The molecule has 1 aliphatic heterocycles. The van der Waals surface area contributed by atoms with Crippen LogP contribution in [0.4, 0.5) is 0 Å². The maximum Gasteiger partial charge on any atom is 0.341 e. The number of fused-ring (bicyclic) bond motifs is 5. The Morgan fingerprint density at radius 2 is 1.69 bits per heavy atom. The molecule has 2 aromatic rings. The van der Waals surface area contributed by atoms with Crippen molar-refractivity contribution in [3.63, 3.8) is 0 Å². The number of phenolic OH excluding ortho intramolecular Hbond substituents is 2. The summed E-state index contributed by atoms with van der Waals surface area (Å²) >= 11 is 0. The number of aromatic hydroxyl groups is 2. The highest BCUT2D eigenvalue weighted by atomic mass is 16.6.